The van der Waals surface area contributed by atoms with Gasteiger partial charge in [-0.25, -0.2) is 4.98 Å². The Morgan fingerprint density at radius 3 is 2.53 bits per heavy atom. The maximum Gasteiger partial charge on any atom is 0.0798 e. The first-order valence-corrected chi connectivity index (χ1v) is 7.46. The number of nitrogens with zero attached hydrogens (tertiary/aromatic N) is 2. The molecule has 1 aromatic carbocycles. The van der Waals surface area contributed by atoms with Gasteiger partial charge in [0.25, 0.3) is 0 Å². The highest BCUT2D eigenvalue weighted by molar-refractivity contribution is 9.08. The van der Waals surface area contributed by atoms with Crippen LogP contribution in [0.25, 0.3) is 0 Å². The number of anilines is 1. The van der Waals surface area contributed by atoms with E-state index in [4.69, 9.17) is 0 Å². The Hall–Kier alpha value is -0.870. The molecule has 0 spiro atoms. The maximum absolute atomic E-state index is 4.28. The smallest absolute Gasteiger partial charge is 0.0798 e. The number of thiazole rings is 1. The van der Waals surface area contributed by atoms with E-state index in [1.165, 1.54) is 16.1 Å². The summed E-state index contributed by atoms with van der Waals surface area (Å²) in [5.74, 6) is 0. The number of alkyl halides is 1. The van der Waals surface area contributed by atoms with Gasteiger partial charge in [0, 0.05) is 22.9 Å². The zero-order valence-electron chi connectivity index (χ0n) is 9.98. The normalized spacial score (nSPS) is 10.5. The van der Waals surface area contributed by atoms with Gasteiger partial charge in [-0.15, -0.1) is 11.3 Å². The predicted molar refractivity (Wildman–Crippen MR) is 78.0 cm³/mol. The van der Waals surface area contributed by atoms with E-state index in [9.17, 15) is 0 Å². The van der Waals surface area contributed by atoms with Crippen molar-refractivity contribution < 1.29 is 0 Å². The number of halogens is 1. The molecule has 2 aromatic rings. The molecule has 0 atom stereocenters. The first-order chi connectivity index (χ1) is 8.20. The molecule has 0 aliphatic heterocycles. The molecule has 0 amide bonds. The van der Waals surface area contributed by atoms with Crippen molar-refractivity contribution in [2.75, 3.05) is 11.9 Å². The zero-order valence-corrected chi connectivity index (χ0v) is 12.4. The fraction of sp³-hybridized carbons (Fsp3) is 0.308. The second-order valence-electron chi connectivity index (χ2n) is 4.02. The van der Waals surface area contributed by atoms with Crippen molar-refractivity contribution in [3.63, 3.8) is 0 Å². The van der Waals surface area contributed by atoms with E-state index in [0.717, 1.165) is 17.6 Å². The highest BCUT2D eigenvalue weighted by atomic mass is 79.9. The van der Waals surface area contributed by atoms with Crippen LogP contribution in [0.4, 0.5) is 5.69 Å². The van der Waals surface area contributed by atoms with Crippen molar-refractivity contribution in [3.8, 4) is 0 Å². The molecule has 0 bridgehead atoms. The lowest BCUT2D eigenvalue weighted by molar-refractivity contribution is 0.925. The van der Waals surface area contributed by atoms with E-state index in [2.05, 4.69) is 64.1 Å². The lowest BCUT2D eigenvalue weighted by Crippen LogP contribution is -2.16. The Kier molecular flexibility index (Phi) is 4.18. The molecule has 0 unspecified atom stereocenters. The summed E-state index contributed by atoms with van der Waals surface area (Å²) in [6.45, 7) is 2.98. The Morgan fingerprint density at radius 2 is 2.00 bits per heavy atom. The molecule has 2 nitrogen and oxygen atoms in total. The van der Waals surface area contributed by atoms with Crippen molar-refractivity contribution in [2.45, 2.75) is 18.8 Å². The van der Waals surface area contributed by atoms with Crippen LogP contribution < -0.4 is 4.90 Å². The van der Waals surface area contributed by atoms with E-state index < -0.39 is 0 Å². The second kappa shape index (κ2) is 5.65. The fourth-order valence-electron chi connectivity index (χ4n) is 1.62. The number of hydrogen-bond acceptors (Lipinski definition) is 3. The summed E-state index contributed by atoms with van der Waals surface area (Å²) in [4.78, 5) is 7.86. The van der Waals surface area contributed by atoms with Crippen molar-refractivity contribution in [2.24, 2.45) is 0 Å². The average molecular weight is 311 g/mol. The summed E-state index contributed by atoms with van der Waals surface area (Å²) >= 11 is 5.18. The Bertz CT molecular complexity index is 478. The van der Waals surface area contributed by atoms with Crippen LogP contribution in [0.15, 0.2) is 29.8 Å². The molecule has 1 heterocycles. The molecule has 2 rings (SSSR count). The van der Waals surface area contributed by atoms with Crippen LogP contribution in [0, 0.1) is 6.92 Å². The molecular formula is C13H15BrN2S. The second-order valence-corrected chi connectivity index (χ2v) is 5.52. The van der Waals surface area contributed by atoms with Gasteiger partial charge in [0.15, 0.2) is 0 Å². The third-order valence-corrected chi connectivity index (χ3v) is 4.32. The number of benzene rings is 1. The van der Waals surface area contributed by atoms with Crippen molar-refractivity contribution in [1.29, 1.82) is 0 Å². The highest BCUT2D eigenvalue weighted by Crippen LogP contribution is 2.20. The van der Waals surface area contributed by atoms with Crippen molar-refractivity contribution in [3.05, 3.63) is 45.9 Å². The monoisotopic (exact) mass is 310 g/mol. The molecule has 17 heavy (non-hydrogen) atoms. The third-order valence-electron chi connectivity index (χ3n) is 2.76. The lowest BCUT2D eigenvalue weighted by atomic mass is 10.2. The van der Waals surface area contributed by atoms with Crippen LogP contribution in [0.2, 0.25) is 0 Å². The zero-order chi connectivity index (χ0) is 12.3. The van der Waals surface area contributed by atoms with Crippen LogP contribution in [0.1, 0.15) is 16.1 Å². The molecule has 0 aliphatic rings. The van der Waals surface area contributed by atoms with Gasteiger partial charge >= 0.3 is 0 Å². The topological polar surface area (TPSA) is 16.1 Å². The minimum absolute atomic E-state index is 0.908. The number of hydrogen-bond donors (Lipinski definition) is 0. The Labute approximate surface area is 114 Å². The van der Waals surface area contributed by atoms with E-state index in [-0.39, 0.29) is 0 Å². The molecule has 0 N–H and O–H groups in total. The van der Waals surface area contributed by atoms with Crippen molar-refractivity contribution >= 4 is 33.0 Å². The van der Waals surface area contributed by atoms with Gasteiger partial charge in [0.05, 0.1) is 17.7 Å². The molecule has 0 saturated carbocycles. The molecule has 4 heteroatoms. The molecular weight excluding hydrogens is 296 g/mol. The first-order valence-electron chi connectivity index (χ1n) is 5.45. The largest absolute Gasteiger partial charge is 0.369 e. The van der Waals surface area contributed by atoms with Crippen LogP contribution >= 0.6 is 27.3 Å². The van der Waals surface area contributed by atoms with Crippen LogP contribution in [-0.4, -0.2) is 12.0 Å². The third kappa shape index (κ3) is 3.07. The summed E-state index contributed by atoms with van der Waals surface area (Å²) in [7, 11) is 2.11. The number of aryl methyl sites for hydroxylation is 1. The summed E-state index contributed by atoms with van der Waals surface area (Å²) in [5, 5.41) is 0.908. The van der Waals surface area contributed by atoms with E-state index >= 15 is 0 Å². The van der Waals surface area contributed by atoms with Crippen LogP contribution in [-0.2, 0) is 11.9 Å². The van der Waals surface area contributed by atoms with Crippen molar-refractivity contribution in [1.82, 2.24) is 4.98 Å². The summed E-state index contributed by atoms with van der Waals surface area (Å²) in [6, 6.07) is 8.63. The minimum Gasteiger partial charge on any atom is -0.369 e. The maximum atomic E-state index is 4.28. The van der Waals surface area contributed by atoms with Gasteiger partial charge in [0.1, 0.15) is 0 Å². The lowest BCUT2D eigenvalue weighted by Gasteiger charge is -2.18. The molecule has 0 aliphatic carbocycles. The van der Waals surface area contributed by atoms with Crippen LogP contribution in [0.5, 0.6) is 0 Å². The fourth-order valence-corrected chi connectivity index (χ4v) is 2.83. The summed E-state index contributed by atoms with van der Waals surface area (Å²) in [6.07, 6.45) is 0. The van der Waals surface area contributed by atoms with Gasteiger partial charge in [-0.2, -0.15) is 0 Å². The van der Waals surface area contributed by atoms with E-state index in [0.29, 0.717) is 0 Å². The van der Waals surface area contributed by atoms with Gasteiger partial charge in [-0.1, -0.05) is 28.1 Å². The van der Waals surface area contributed by atoms with E-state index in [1.807, 2.05) is 5.51 Å². The van der Waals surface area contributed by atoms with Gasteiger partial charge in [-0.05, 0) is 24.6 Å². The highest BCUT2D eigenvalue weighted by Gasteiger charge is 2.06. The van der Waals surface area contributed by atoms with Gasteiger partial charge in [-0.3, -0.25) is 0 Å². The molecule has 0 fully saturated rings. The van der Waals surface area contributed by atoms with Crippen LogP contribution in [0.3, 0.4) is 0 Å². The SMILES string of the molecule is Cc1ncsc1CN(C)c1ccc(CBr)cc1. The average Bonchev–Trinajstić information content (AvgIpc) is 2.75. The molecule has 0 saturated heterocycles. The standard InChI is InChI=1S/C13H15BrN2S/c1-10-13(17-9-15-10)8-16(2)12-5-3-11(7-14)4-6-12/h3-6,9H,7-8H2,1-2H3. The Balaban J connectivity index is 2.09. The molecule has 90 valence electrons. The number of aromatic nitrogens is 1. The predicted octanol–water partition coefficient (Wildman–Crippen LogP) is 3.98. The number of rotatable bonds is 4. The quantitative estimate of drug-likeness (QED) is 0.794. The van der Waals surface area contributed by atoms with E-state index in [1.54, 1.807) is 11.3 Å². The first kappa shape index (κ1) is 12.6. The molecule has 1 aromatic heterocycles. The summed E-state index contributed by atoms with van der Waals surface area (Å²) in [5.41, 5.74) is 5.59. The molecule has 0 radical (unpaired) electrons. The Morgan fingerprint density at radius 1 is 1.29 bits per heavy atom. The van der Waals surface area contributed by atoms with Gasteiger partial charge < -0.3 is 4.90 Å². The van der Waals surface area contributed by atoms with Gasteiger partial charge in [0.2, 0.25) is 0 Å². The summed E-state index contributed by atoms with van der Waals surface area (Å²) < 4.78 is 0. The minimum atomic E-state index is 0.908.